The average Bonchev–Trinajstić information content (AvgIpc) is 2.64. The predicted molar refractivity (Wildman–Crippen MR) is 108 cm³/mol. The number of methoxy groups -OCH3 is 1. The van der Waals surface area contributed by atoms with Crippen molar-refractivity contribution in [2.45, 2.75) is 13.0 Å². The van der Waals surface area contributed by atoms with Crippen LogP contribution < -0.4 is 20.3 Å². The fraction of sp³-hybridized carbons (Fsp3) is 0.263. The van der Waals surface area contributed by atoms with Crippen molar-refractivity contribution in [1.29, 1.82) is 0 Å². The first kappa shape index (κ1) is 21.0. The number of hydrogen-bond donors (Lipinski definition) is 3. The first-order valence-electron chi connectivity index (χ1n) is 8.33. The first-order chi connectivity index (χ1) is 12.8. The molecule has 0 aromatic heterocycles. The standard InChI is InChI=1S/C19H21Cl2N3O3/c1-12(19(26)22-13-6-4-7-14(10-13)27-3)24(2)11-17(25)23-18-15(20)8-5-9-16(18)21/h4-10,12H,11H2,1-3H3,(H,22,26)(H,23,25)/p+1/t12-/m1/s1. The van der Waals surface area contributed by atoms with Gasteiger partial charge in [0.25, 0.3) is 11.8 Å². The Labute approximate surface area is 168 Å². The minimum absolute atomic E-state index is 0.0776. The largest absolute Gasteiger partial charge is 0.497 e. The van der Waals surface area contributed by atoms with E-state index in [1.54, 1.807) is 63.5 Å². The van der Waals surface area contributed by atoms with Crippen molar-refractivity contribution in [3.63, 3.8) is 0 Å². The van der Waals surface area contributed by atoms with Crippen molar-refractivity contribution < 1.29 is 19.2 Å². The summed E-state index contributed by atoms with van der Waals surface area (Å²) < 4.78 is 5.14. The molecule has 0 aliphatic heterocycles. The lowest BCUT2D eigenvalue weighted by Crippen LogP contribution is -3.14. The van der Waals surface area contributed by atoms with Crippen LogP contribution in [0.15, 0.2) is 42.5 Å². The van der Waals surface area contributed by atoms with Gasteiger partial charge in [0.2, 0.25) is 0 Å². The molecule has 2 aromatic rings. The van der Waals surface area contributed by atoms with Crippen LogP contribution in [0.1, 0.15) is 6.92 Å². The molecule has 1 unspecified atom stereocenters. The minimum atomic E-state index is -0.455. The maximum absolute atomic E-state index is 12.5. The van der Waals surface area contributed by atoms with Crippen LogP contribution >= 0.6 is 23.2 Å². The van der Waals surface area contributed by atoms with Gasteiger partial charge in [-0.15, -0.1) is 0 Å². The molecule has 0 aliphatic carbocycles. The molecule has 2 atom stereocenters. The molecule has 0 saturated heterocycles. The summed E-state index contributed by atoms with van der Waals surface area (Å²) in [5, 5.41) is 6.24. The Kier molecular flexibility index (Phi) is 7.47. The van der Waals surface area contributed by atoms with Gasteiger partial charge in [-0.3, -0.25) is 9.59 Å². The van der Waals surface area contributed by atoms with Crippen LogP contribution in [0.3, 0.4) is 0 Å². The average molecular weight is 411 g/mol. The number of para-hydroxylation sites is 1. The monoisotopic (exact) mass is 410 g/mol. The number of likely N-dealkylation sites (N-methyl/N-ethyl adjacent to an activating group) is 1. The number of benzene rings is 2. The predicted octanol–water partition coefficient (Wildman–Crippen LogP) is 2.48. The van der Waals surface area contributed by atoms with Gasteiger partial charge >= 0.3 is 0 Å². The number of amides is 2. The van der Waals surface area contributed by atoms with Crippen LogP contribution in [0, 0.1) is 0 Å². The summed E-state index contributed by atoms with van der Waals surface area (Å²) in [6.45, 7) is 1.83. The molecule has 2 amide bonds. The Morgan fingerprint density at radius 2 is 1.74 bits per heavy atom. The highest BCUT2D eigenvalue weighted by Gasteiger charge is 2.24. The zero-order valence-electron chi connectivity index (χ0n) is 15.3. The second kappa shape index (κ2) is 9.60. The van der Waals surface area contributed by atoms with Gasteiger partial charge < -0.3 is 20.3 Å². The molecule has 0 saturated carbocycles. The number of anilines is 2. The maximum Gasteiger partial charge on any atom is 0.282 e. The molecule has 6 nitrogen and oxygen atoms in total. The second-order valence-electron chi connectivity index (χ2n) is 6.11. The van der Waals surface area contributed by atoms with Crippen LogP contribution in [0.25, 0.3) is 0 Å². The molecule has 8 heteroatoms. The normalized spacial score (nSPS) is 12.8. The number of ether oxygens (including phenoxy) is 1. The first-order valence-corrected chi connectivity index (χ1v) is 9.08. The maximum atomic E-state index is 12.5. The molecule has 0 fully saturated rings. The molecule has 2 rings (SSSR count). The number of hydrogen-bond acceptors (Lipinski definition) is 3. The summed E-state index contributed by atoms with van der Waals surface area (Å²) in [5.41, 5.74) is 0.999. The van der Waals surface area contributed by atoms with Crippen LogP contribution in [-0.2, 0) is 9.59 Å². The third kappa shape index (κ3) is 5.85. The lowest BCUT2D eigenvalue weighted by molar-refractivity contribution is -0.885. The summed E-state index contributed by atoms with van der Waals surface area (Å²) in [7, 11) is 3.33. The van der Waals surface area contributed by atoms with Crippen LogP contribution in [0.2, 0.25) is 10.0 Å². The number of carbonyl (C=O) groups is 2. The molecular weight excluding hydrogens is 389 g/mol. The molecule has 2 aromatic carbocycles. The number of nitrogens with one attached hydrogen (secondary N) is 3. The molecule has 0 heterocycles. The molecule has 3 N–H and O–H groups in total. The lowest BCUT2D eigenvalue weighted by atomic mass is 10.2. The summed E-state index contributed by atoms with van der Waals surface area (Å²) in [4.78, 5) is 25.5. The number of rotatable bonds is 7. The fourth-order valence-electron chi connectivity index (χ4n) is 2.38. The summed E-state index contributed by atoms with van der Waals surface area (Å²) >= 11 is 12.1. The van der Waals surface area contributed by atoms with Gasteiger partial charge in [0.05, 0.1) is 29.9 Å². The number of halogens is 2. The highest BCUT2D eigenvalue weighted by Crippen LogP contribution is 2.29. The molecule has 0 spiro atoms. The van der Waals surface area contributed by atoms with E-state index in [4.69, 9.17) is 27.9 Å². The fourth-order valence-corrected chi connectivity index (χ4v) is 2.87. The van der Waals surface area contributed by atoms with Gasteiger partial charge in [-0.1, -0.05) is 35.3 Å². The van der Waals surface area contributed by atoms with Gasteiger partial charge in [-0.05, 0) is 31.2 Å². The van der Waals surface area contributed by atoms with E-state index in [9.17, 15) is 9.59 Å². The van der Waals surface area contributed by atoms with E-state index >= 15 is 0 Å². The van der Waals surface area contributed by atoms with Gasteiger partial charge in [-0.25, -0.2) is 0 Å². The van der Waals surface area contributed by atoms with E-state index in [2.05, 4.69) is 10.6 Å². The van der Waals surface area contributed by atoms with E-state index < -0.39 is 6.04 Å². The Morgan fingerprint density at radius 1 is 1.11 bits per heavy atom. The van der Waals surface area contributed by atoms with Crippen molar-refractivity contribution in [2.24, 2.45) is 0 Å². The van der Waals surface area contributed by atoms with Gasteiger partial charge in [0.15, 0.2) is 12.6 Å². The zero-order chi connectivity index (χ0) is 20.0. The second-order valence-corrected chi connectivity index (χ2v) is 6.93. The molecule has 27 heavy (non-hydrogen) atoms. The zero-order valence-corrected chi connectivity index (χ0v) is 16.8. The smallest absolute Gasteiger partial charge is 0.282 e. The third-order valence-electron chi connectivity index (χ3n) is 4.14. The van der Waals surface area contributed by atoms with E-state index in [-0.39, 0.29) is 18.4 Å². The lowest BCUT2D eigenvalue weighted by Gasteiger charge is -2.21. The van der Waals surface area contributed by atoms with Crippen LogP contribution in [0.5, 0.6) is 5.75 Å². The van der Waals surface area contributed by atoms with E-state index in [0.717, 1.165) is 4.90 Å². The van der Waals surface area contributed by atoms with Gasteiger partial charge in [0, 0.05) is 11.8 Å². The molecule has 0 aliphatic rings. The Balaban J connectivity index is 1.94. The molecule has 0 bridgehead atoms. The highest BCUT2D eigenvalue weighted by atomic mass is 35.5. The summed E-state index contributed by atoms with van der Waals surface area (Å²) in [6, 6.07) is 11.6. The third-order valence-corrected chi connectivity index (χ3v) is 4.77. The number of quaternary nitrogens is 1. The van der Waals surface area contributed by atoms with Crippen LogP contribution in [0.4, 0.5) is 11.4 Å². The Hall–Kier alpha value is -2.28. The summed E-state index contributed by atoms with van der Waals surface area (Å²) in [5.74, 6) is 0.157. The van der Waals surface area contributed by atoms with Crippen molar-refractivity contribution in [3.05, 3.63) is 52.5 Å². The van der Waals surface area contributed by atoms with Crippen molar-refractivity contribution in [2.75, 3.05) is 31.3 Å². The van der Waals surface area contributed by atoms with Gasteiger partial charge in [0.1, 0.15) is 5.75 Å². The Bertz CT molecular complexity index is 809. The topological polar surface area (TPSA) is 71.9 Å². The van der Waals surface area contributed by atoms with Crippen LogP contribution in [-0.4, -0.2) is 38.6 Å². The van der Waals surface area contributed by atoms with E-state index in [1.165, 1.54) is 0 Å². The summed E-state index contributed by atoms with van der Waals surface area (Å²) in [6.07, 6.45) is 0. The molecular formula is C19H22Cl2N3O3+. The molecule has 0 radical (unpaired) electrons. The van der Waals surface area contributed by atoms with Crippen molar-refractivity contribution >= 4 is 46.4 Å². The molecule has 144 valence electrons. The van der Waals surface area contributed by atoms with E-state index in [1.807, 2.05) is 0 Å². The quantitative estimate of drug-likeness (QED) is 0.656. The SMILES string of the molecule is COc1cccc(NC(=O)[C@@H](C)[NH+](C)CC(=O)Nc2c(Cl)cccc2Cl)c1. The van der Waals surface area contributed by atoms with Crippen molar-refractivity contribution in [3.8, 4) is 5.75 Å². The van der Waals surface area contributed by atoms with Crippen molar-refractivity contribution in [1.82, 2.24) is 0 Å². The Morgan fingerprint density at radius 3 is 2.37 bits per heavy atom. The van der Waals surface area contributed by atoms with Gasteiger partial charge in [-0.2, -0.15) is 0 Å². The number of carbonyl (C=O) groups excluding carboxylic acids is 2. The van der Waals surface area contributed by atoms with E-state index in [0.29, 0.717) is 27.2 Å². The highest BCUT2D eigenvalue weighted by molar-refractivity contribution is 6.39. The minimum Gasteiger partial charge on any atom is -0.497 e.